The summed E-state index contributed by atoms with van der Waals surface area (Å²) >= 11 is 0. The van der Waals surface area contributed by atoms with Gasteiger partial charge in [0.15, 0.2) is 0 Å². The van der Waals surface area contributed by atoms with Gasteiger partial charge in [-0.15, -0.1) is 0 Å². The van der Waals surface area contributed by atoms with Crippen molar-refractivity contribution in [2.24, 2.45) is 5.92 Å². The molecule has 96 valence electrons. The zero-order valence-electron chi connectivity index (χ0n) is 11.4. The van der Waals surface area contributed by atoms with E-state index in [-0.39, 0.29) is 0 Å². The van der Waals surface area contributed by atoms with Crippen LogP contribution in [0, 0.1) is 5.92 Å². The van der Waals surface area contributed by atoms with E-state index >= 15 is 0 Å². The Morgan fingerprint density at radius 1 is 1.25 bits per heavy atom. The molecule has 0 rings (SSSR count). The molecule has 0 aromatic heterocycles. The third-order valence-electron chi connectivity index (χ3n) is 2.95. The van der Waals surface area contributed by atoms with Crippen LogP contribution in [-0.2, 0) is 4.79 Å². The first-order valence-electron chi connectivity index (χ1n) is 6.36. The van der Waals surface area contributed by atoms with Crippen molar-refractivity contribution in [2.45, 2.75) is 59.4 Å². The predicted molar refractivity (Wildman–Crippen MR) is 67.7 cm³/mol. The first kappa shape index (κ1) is 15.4. The van der Waals surface area contributed by atoms with Gasteiger partial charge >= 0.3 is 5.97 Å². The molecule has 3 heteroatoms. The van der Waals surface area contributed by atoms with Crippen molar-refractivity contribution < 1.29 is 9.90 Å². The highest BCUT2D eigenvalue weighted by atomic mass is 16.4. The van der Waals surface area contributed by atoms with Gasteiger partial charge in [0.25, 0.3) is 0 Å². The Kier molecular flexibility index (Phi) is 6.65. The van der Waals surface area contributed by atoms with Gasteiger partial charge in [0.2, 0.25) is 0 Å². The minimum atomic E-state index is -0.708. The molecule has 0 bridgehead atoms. The van der Waals surface area contributed by atoms with Crippen molar-refractivity contribution in [3.8, 4) is 0 Å². The van der Waals surface area contributed by atoms with E-state index in [4.69, 9.17) is 0 Å². The van der Waals surface area contributed by atoms with Crippen molar-refractivity contribution in [3.63, 3.8) is 0 Å². The molecule has 0 radical (unpaired) electrons. The molecule has 0 aromatic carbocycles. The van der Waals surface area contributed by atoms with E-state index in [1.807, 2.05) is 6.92 Å². The number of aliphatic carboxylic acids is 1. The van der Waals surface area contributed by atoms with Crippen LogP contribution in [0.1, 0.15) is 53.9 Å². The lowest BCUT2D eigenvalue weighted by Crippen LogP contribution is -2.53. The average molecular weight is 229 g/mol. The van der Waals surface area contributed by atoms with Crippen LogP contribution in [0.5, 0.6) is 0 Å². The normalized spacial score (nSPS) is 15.4. The Hall–Kier alpha value is -0.570. The maximum Gasteiger partial charge on any atom is 0.323 e. The van der Waals surface area contributed by atoms with Gasteiger partial charge in [-0.2, -0.15) is 0 Å². The van der Waals surface area contributed by atoms with Gasteiger partial charge in [0, 0.05) is 0 Å². The minimum Gasteiger partial charge on any atom is -0.480 e. The van der Waals surface area contributed by atoms with Crippen LogP contribution in [0.25, 0.3) is 0 Å². The van der Waals surface area contributed by atoms with Crippen LogP contribution < -0.4 is 0 Å². The molecule has 0 saturated heterocycles. The molecular formula is C13H27NO2. The predicted octanol–water partition coefficient (Wildman–Crippen LogP) is 3.00. The number of nitrogens with zero attached hydrogens (tertiary/aromatic N) is 1. The van der Waals surface area contributed by atoms with E-state index in [1.54, 1.807) is 0 Å². The highest BCUT2D eigenvalue weighted by Gasteiger charge is 2.39. The molecule has 0 aromatic rings. The van der Waals surface area contributed by atoms with Crippen LogP contribution in [0.2, 0.25) is 0 Å². The summed E-state index contributed by atoms with van der Waals surface area (Å²) in [4.78, 5) is 13.6. The Labute approximate surface area is 99.8 Å². The quantitative estimate of drug-likeness (QED) is 0.695. The van der Waals surface area contributed by atoms with Crippen LogP contribution in [0.3, 0.4) is 0 Å². The fourth-order valence-electron chi connectivity index (χ4n) is 2.29. The fourth-order valence-corrected chi connectivity index (χ4v) is 2.29. The first-order chi connectivity index (χ1) is 7.38. The summed E-state index contributed by atoms with van der Waals surface area (Å²) in [5.74, 6) is -0.291. The number of rotatable bonds is 8. The van der Waals surface area contributed by atoms with Crippen molar-refractivity contribution >= 4 is 5.97 Å². The maximum absolute atomic E-state index is 11.5. The third-order valence-corrected chi connectivity index (χ3v) is 2.95. The maximum atomic E-state index is 11.5. The van der Waals surface area contributed by atoms with E-state index in [2.05, 4.69) is 32.6 Å². The molecule has 0 heterocycles. The van der Waals surface area contributed by atoms with E-state index in [1.165, 1.54) is 0 Å². The van der Waals surface area contributed by atoms with Crippen LogP contribution in [0.15, 0.2) is 0 Å². The summed E-state index contributed by atoms with van der Waals surface area (Å²) in [5, 5.41) is 9.46. The number of carboxylic acids is 1. The van der Waals surface area contributed by atoms with Crippen molar-refractivity contribution in [2.75, 3.05) is 13.1 Å². The molecule has 1 N–H and O–H groups in total. The van der Waals surface area contributed by atoms with Gasteiger partial charge in [-0.1, -0.05) is 27.7 Å². The van der Waals surface area contributed by atoms with Gasteiger partial charge < -0.3 is 5.11 Å². The molecule has 0 aliphatic heterocycles. The lowest BCUT2D eigenvalue weighted by Gasteiger charge is -2.39. The summed E-state index contributed by atoms with van der Waals surface area (Å²) < 4.78 is 0. The third kappa shape index (κ3) is 4.12. The summed E-state index contributed by atoms with van der Waals surface area (Å²) in [6.45, 7) is 11.9. The van der Waals surface area contributed by atoms with Crippen molar-refractivity contribution in [3.05, 3.63) is 0 Å². The summed E-state index contributed by atoms with van der Waals surface area (Å²) in [5.41, 5.74) is -0.708. The van der Waals surface area contributed by atoms with Gasteiger partial charge in [0.05, 0.1) is 0 Å². The second-order valence-corrected chi connectivity index (χ2v) is 5.16. The monoisotopic (exact) mass is 229 g/mol. The van der Waals surface area contributed by atoms with Crippen LogP contribution >= 0.6 is 0 Å². The molecule has 1 atom stereocenters. The van der Waals surface area contributed by atoms with Gasteiger partial charge in [0.1, 0.15) is 5.54 Å². The molecule has 0 amide bonds. The first-order valence-corrected chi connectivity index (χ1v) is 6.36. The molecule has 0 saturated carbocycles. The highest BCUT2D eigenvalue weighted by molar-refractivity contribution is 5.78. The van der Waals surface area contributed by atoms with Gasteiger partial charge in [-0.3, -0.25) is 9.69 Å². The van der Waals surface area contributed by atoms with Crippen molar-refractivity contribution in [1.29, 1.82) is 0 Å². The van der Waals surface area contributed by atoms with E-state index in [0.29, 0.717) is 12.3 Å². The van der Waals surface area contributed by atoms with Crippen LogP contribution in [-0.4, -0.2) is 34.6 Å². The smallest absolute Gasteiger partial charge is 0.323 e. The molecule has 16 heavy (non-hydrogen) atoms. The molecule has 0 aliphatic rings. The highest BCUT2D eigenvalue weighted by Crippen LogP contribution is 2.25. The average Bonchev–Trinajstić information content (AvgIpc) is 2.16. The number of hydrogen-bond acceptors (Lipinski definition) is 2. The number of carboxylic acid groups (broad SMARTS) is 1. The largest absolute Gasteiger partial charge is 0.480 e. The molecule has 0 aliphatic carbocycles. The number of carbonyl (C=O) groups is 1. The number of hydrogen-bond donors (Lipinski definition) is 1. The van der Waals surface area contributed by atoms with E-state index < -0.39 is 11.5 Å². The molecule has 0 fully saturated rings. The van der Waals surface area contributed by atoms with Gasteiger partial charge in [-0.05, 0) is 45.2 Å². The zero-order chi connectivity index (χ0) is 12.8. The zero-order valence-corrected chi connectivity index (χ0v) is 11.4. The second kappa shape index (κ2) is 6.89. The lowest BCUT2D eigenvalue weighted by molar-refractivity contribution is -0.152. The summed E-state index contributed by atoms with van der Waals surface area (Å²) in [6.07, 6.45) is 2.71. The summed E-state index contributed by atoms with van der Waals surface area (Å²) in [6, 6.07) is 0. The molecule has 3 nitrogen and oxygen atoms in total. The van der Waals surface area contributed by atoms with Gasteiger partial charge in [-0.25, -0.2) is 0 Å². The topological polar surface area (TPSA) is 40.5 Å². The molecule has 1 unspecified atom stereocenters. The SMILES string of the molecule is CCCN(CCC)C(C)(CC(C)C)C(=O)O. The molecular weight excluding hydrogens is 202 g/mol. The standard InChI is InChI=1S/C13H27NO2/c1-6-8-14(9-7-2)13(5,12(15)16)10-11(3)4/h11H,6-10H2,1-5H3,(H,15,16). The Bertz CT molecular complexity index is 210. The minimum absolute atomic E-state index is 0.400. The molecule has 0 spiro atoms. The van der Waals surface area contributed by atoms with E-state index in [9.17, 15) is 9.90 Å². The Morgan fingerprint density at radius 2 is 1.69 bits per heavy atom. The Balaban J connectivity index is 4.87. The summed E-state index contributed by atoms with van der Waals surface area (Å²) in [7, 11) is 0. The van der Waals surface area contributed by atoms with E-state index in [0.717, 1.165) is 25.9 Å². The van der Waals surface area contributed by atoms with Crippen LogP contribution in [0.4, 0.5) is 0 Å². The second-order valence-electron chi connectivity index (χ2n) is 5.16. The fraction of sp³-hybridized carbons (Fsp3) is 0.923. The van der Waals surface area contributed by atoms with Crippen molar-refractivity contribution in [1.82, 2.24) is 4.90 Å². The lowest BCUT2D eigenvalue weighted by atomic mass is 9.88. The Morgan fingerprint density at radius 3 is 1.94 bits per heavy atom.